The maximum Gasteiger partial charge on any atom is 0.491 e. The molecule has 0 saturated carbocycles. The average molecular weight is 538 g/mol. The van der Waals surface area contributed by atoms with E-state index in [1.54, 1.807) is 0 Å². The van der Waals surface area contributed by atoms with Crippen molar-refractivity contribution in [2.45, 2.75) is 26.1 Å². The summed E-state index contributed by atoms with van der Waals surface area (Å²) in [4.78, 5) is 37.8. The largest absolute Gasteiger partial charge is 0.491 e. The van der Waals surface area contributed by atoms with Crippen LogP contribution in [0.1, 0.15) is 55.8 Å². The summed E-state index contributed by atoms with van der Waals surface area (Å²) in [7, 11) is -3.01. The molecule has 4 N–H and O–H groups in total. The molecule has 0 fully saturated rings. The molecule has 2 amide bonds. The minimum atomic E-state index is -2.99. The minimum absolute atomic E-state index is 0.0215. The van der Waals surface area contributed by atoms with Crippen molar-refractivity contribution >= 4 is 42.9 Å². The first-order valence-electron chi connectivity index (χ1n) is 11.3. The smallest absolute Gasteiger partial charge is 0.480 e. The van der Waals surface area contributed by atoms with Crippen molar-refractivity contribution in [2.75, 3.05) is 19.6 Å². The van der Waals surface area contributed by atoms with Crippen molar-refractivity contribution in [1.29, 1.82) is 0 Å². The van der Waals surface area contributed by atoms with Gasteiger partial charge in [-0.2, -0.15) is 0 Å². The Balaban J connectivity index is 1.51. The fraction of sp³-hybridized carbons (Fsp3) is 0.318. The van der Waals surface area contributed by atoms with Crippen LogP contribution in [0.2, 0.25) is 0 Å². The van der Waals surface area contributed by atoms with E-state index in [-0.39, 0.29) is 59.5 Å². The predicted molar refractivity (Wildman–Crippen MR) is 123 cm³/mol. The van der Waals surface area contributed by atoms with Gasteiger partial charge in [-0.3, -0.25) is 14.4 Å². The number of hydrogen-bond acceptors (Lipinski definition) is 7. The van der Waals surface area contributed by atoms with Gasteiger partial charge in [0.15, 0.2) is 0 Å². The molecule has 2 aliphatic heterocycles. The SMILES string of the molecule is O=C(O)CN(CCNC(=O)c1cc2c(c(C(F)F)c1)COB2O)C(=O)c1cc2c(c(C(F)F)c1)COB2O. The van der Waals surface area contributed by atoms with Gasteiger partial charge in [-0.25, -0.2) is 17.6 Å². The molecule has 0 bridgehead atoms. The molecule has 0 radical (unpaired) electrons. The van der Waals surface area contributed by atoms with E-state index in [1.165, 1.54) is 6.07 Å². The molecule has 2 aromatic rings. The lowest BCUT2D eigenvalue weighted by Gasteiger charge is -2.22. The summed E-state index contributed by atoms with van der Waals surface area (Å²) < 4.78 is 64.0. The van der Waals surface area contributed by atoms with E-state index in [9.17, 15) is 47.1 Å². The van der Waals surface area contributed by atoms with E-state index in [1.807, 2.05) is 0 Å². The van der Waals surface area contributed by atoms with Gasteiger partial charge >= 0.3 is 20.2 Å². The number of alkyl halides is 4. The number of halogens is 4. The zero-order chi connectivity index (χ0) is 27.7. The molecule has 4 rings (SSSR count). The van der Waals surface area contributed by atoms with Gasteiger partial charge in [-0.15, -0.1) is 0 Å². The first-order chi connectivity index (χ1) is 18.0. The highest BCUT2D eigenvalue weighted by Crippen LogP contribution is 2.28. The Hall–Kier alpha value is -3.46. The molecule has 10 nitrogen and oxygen atoms in total. The zero-order valence-corrected chi connectivity index (χ0v) is 19.5. The average Bonchev–Trinajstić information content (AvgIpc) is 3.43. The van der Waals surface area contributed by atoms with Gasteiger partial charge in [0.2, 0.25) is 0 Å². The van der Waals surface area contributed by atoms with Crippen LogP contribution in [0, 0.1) is 0 Å². The summed E-state index contributed by atoms with van der Waals surface area (Å²) in [6.07, 6.45) is -5.93. The lowest BCUT2D eigenvalue weighted by Crippen LogP contribution is -2.42. The highest BCUT2D eigenvalue weighted by Gasteiger charge is 2.35. The minimum Gasteiger partial charge on any atom is -0.480 e. The van der Waals surface area contributed by atoms with Crippen molar-refractivity contribution in [1.82, 2.24) is 10.2 Å². The Bertz CT molecular complexity index is 1280. The molecule has 200 valence electrons. The molecule has 0 saturated heterocycles. The lowest BCUT2D eigenvalue weighted by molar-refractivity contribution is -0.137. The second-order valence-electron chi connectivity index (χ2n) is 8.57. The van der Waals surface area contributed by atoms with Crippen LogP contribution in [-0.4, -0.2) is 71.7 Å². The third-order valence-corrected chi connectivity index (χ3v) is 6.20. The third-order valence-electron chi connectivity index (χ3n) is 6.20. The molecule has 0 aliphatic carbocycles. The van der Waals surface area contributed by atoms with Gasteiger partial charge < -0.3 is 34.7 Å². The Labute approximate surface area is 213 Å². The van der Waals surface area contributed by atoms with E-state index < -0.39 is 62.5 Å². The number of aliphatic carboxylic acids is 1. The normalized spacial score (nSPS) is 14.2. The standard InChI is InChI=1S/C22H20B2F4N2O8/c25-19(26)12-3-10(5-16-14(12)8-37-23(16)35)21(33)29-1-2-30(7-18(31)32)22(34)11-4-13(20(27)28)15-9-38-24(36)17(15)6-11/h3-6,19-20,35-36H,1-2,7-9H2,(H,29,33)(H,31,32). The Kier molecular flexibility index (Phi) is 8.06. The van der Waals surface area contributed by atoms with Gasteiger partial charge in [-0.05, 0) is 46.3 Å². The highest BCUT2D eigenvalue weighted by atomic mass is 19.3. The molecule has 0 atom stereocenters. The lowest BCUT2D eigenvalue weighted by atomic mass is 9.77. The Morgan fingerprint density at radius 3 is 1.89 bits per heavy atom. The van der Waals surface area contributed by atoms with Crippen LogP contribution in [-0.2, 0) is 27.3 Å². The maximum absolute atomic E-state index is 13.6. The number of fused-ring (bicyclic) bond motifs is 2. The van der Waals surface area contributed by atoms with Crippen LogP contribution < -0.4 is 16.2 Å². The topological polar surface area (TPSA) is 146 Å². The number of carbonyl (C=O) groups is 3. The van der Waals surface area contributed by atoms with Crippen LogP contribution in [0.3, 0.4) is 0 Å². The molecule has 0 spiro atoms. The predicted octanol–water partition coefficient (Wildman–Crippen LogP) is -0.0460. The van der Waals surface area contributed by atoms with Crippen molar-refractivity contribution in [2.24, 2.45) is 0 Å². The number of hydrogen-bond donors (Lipinski definition) is 4. The second-order valence-corrected chi connectivity index (χ2v) is 8.57. The number of amides is 2. The fourth-order valence-electron chi connectivity index (χ4n) is 4.36. The second kappa shape index (κ2) is 11.1. The molecule has 38 heavy (non-hydrogen) atoms. The van der Waals surface area contributed by atoms with Crippen molar-refractivity contribution in [3.05, 3.63) is 57.6 Å². The number of carboxylic acids is 1. The number of nitrogens with one attached hydrogen (secondary N) is 1. The Morgan fingerprint density at radius 2 is 1.39 bits per heavy atom. The summed E-state index contributed by atoms with van der Waals surface area (Å²) in [6.45, 7) is -2.07. The molecule has 2 heterocycles. The quantitative estimate of drug-likeness (QED) is 0.257. The van der Waals surface area contributed by atoms with Crippen LogP contribution in [0.5, 0.6) is 0 Å². The van der Waals surface area contributed by atoms with Gasteiger partial charge in [0, 0.05) is 35.3 Å². The van der Waals surface area contributed by atoms with E-state index in [2.05, 4.69) is 5.32 Å². The summed E-state index contributed by atoms with van der Waals surface area (Å²) in [5, 5.41) is 31.4. The number of carboxylic acid groups (broad SMARTS) is 1. The monoisotopic (exact) mass is 538 g/mol. The van der Waals surface area contributed by atoms with Crippen molar-refractivity contribution < 1.29 is 56.4 Å². The zero-order valence-electron chi connectivity index (χ0n) is 19.5. The van der Waals surface area contributed by atoms with Gasteiger partial charge in [0.25, 0.3) is 24.7 Å². The van der Waals surface area contributed by atoms with Gasteiger partial charge in [0.1, 0.15) is 6.54 Å². The summed E-state index contributed by atoms with van der Waals surface area (Å²) in [6, 6.07) is 4.17. The molecule has 16 heteroatoms. The fourth-order valence-corrected chi connectivity index (χ4v) is 4.36. The van der Waals surface area contributed by atoms with Crippen molar-refractivity contribution in [3.8, 4) is 0 Å². The first-order valence-corrected chi connectivity index (χ1v) is 11.3. The number of rotatable bonds is 9. The van der Waals surface area contributed by atoms with Crippen LogP contribution in [0.25, 0.3) is 0 Å². The van der Waals surface area contributed by atoms with E-state index >= 15 is 0 Å². The number of benzene rings is 2. The number of carbonyl (C=O) groups excluding carboxylic acids is 2. The first kappa shape index (κ1) is 27.6. The van der Waals surface area contributed by atoms with Crippen LogP contribution in [0.15, 0.2) is 24.3 Å². The molecule has 2 aliphatic rings. The molecular weight excluding hydrogens is 518 g/mol. The summed E-state index contributed by atoms with van der Waals surface area (Å²) in [5.41, 5.74) is -1.45. The Morgan fingerprint density at radius 1 is 0.895 bits per heavy atom. The van der Waals surface area contributed by atoms with Crippen molar-refractivity contribution in [3.63, 3.8) is 0 Å². The summed E-state index contributed by atoms with van der Waals surface area (Å²) >= 11 is 0. The van der Waals surface area contributed by atoms with E-state index in [0.29, 0.717) is 0 Å². The number of nitrogens with zero attached hydrogens (tertiary/aromatic N) is 1. The van der Waals surface area contributed by atoms with E-state index in [0.717, 1.165) is 23.1 Å². The molecular formula is C22H20B2F4N2O8. The highest BCUT2D eigenvalue weighted by molar-refractivity contribution is 6.62. The molecule has 0 unspecified atom stereocenters. The molecule has 2 aromatic carbocycles. The van der Waals surface area contributed by atoms with Crippen LogP contribution in [0.4, 0.5) is 17.6 Å². The summed E-state index contributed by atoms with van der Waals surface area (Å²) in [5.74, 6) is -3.21. The molecule has 0 aromatic heterocycles. The van der Waals surface area contributed by atoms with E-state index in [4.69, 9.17) is 9.31 Å². The van der Waals surface area contributed by atoms with Crippen LogP contribution >= 0.6 is 0 Å². The van der Waals surface area contributed by atoms with Gasteiger partial charge in [-0.1, -0.05) is 0 Å². The maximum atomic E-state index is 13.6. The third kappa shape index (κ3) is 5.53. The van der Waals surface area contributed by atoms with Gasteiger partial charge in [0.05, 0.1) is 13.2 Å².